The van der Waals surface area contributed by atoms with E-state index in [0.29, 0.717) is 4.34 Å². The zero-order valence-corrected chi connectivity index (χ0v) is 13.5. The first-order chi connectivity index (χ1) is 9.49. The van der Waals surface area contributed by atoms with E-state index < -0.39 is 0 Å². The normalized spacial score (nSPS) is 12.7. The molecule has 0 aliphatic heterocycles. The van der Waals surface area contributed by atoms with Crippen LogP contribution in [-0.4, -0.2) is 23.8 Å². The number of aryl methyl sites for hydroxylation is 1. The highest BCUT2D eigenvalue weighted by molar-refractivity contribution is 7.18. The Morgan fingerprint density at radius 3 is 2.60 bits per heavy atom. The number of likely N-dealkylation sites (N-methyl/N-ethyl adjacent to an activating group) is 1. The Morgan fingerprint density at radius 2 is 2.00 bits per heavy atom. The van der Waals surface area contributed by atoms with Crippen molar-refractivity contribution in [1.29, 1.82) is 0 Å². The molecule has 2 nitrogen and oxygen atoms in total. The molecule has 20 heavy (non-hydrogen) atoms. The molecule has 0 aliphatic carbocycles. The van der Waals surface area contributed by atoms with Gasteiger partial charge >= 0.3 is 0 Å². The van der Waals surface area contributed by atoms with Gasteiger partial charge in [0.05, 0.1) is 15.3 Å². The third kappa shape index (κ3) is 3.48. The maximum Gasteiger partial charge on any atom is 0.189 e. The third-order valence-electron chi connectivity index (χ3n) is 3.54. The molecule has 0 saturated heterocycles. The molecule has 0 radical (unpaired) electrons. The number of benzene rings is 1. The summed E-state index contributed by atoms with van der Waals surface area (Å²) in [6, 6.07) is 11.7. The van der Waals surface area contributed by atoms with Crippen LogP contribution in [-0.2, 0) is 6.54 Å². The van der Waals surface area contributed by atoms with Crippen molar-refractivity contribution in [2.45, 2.75) is 26.4 Å². The van der Waals surface area contributed by atoms with Crippen LogP contribution in [0.1, 0.15) is 27.7 Å². The second-order valence-corrected chi connectivity index (χ2v) is 6.70. The Bertz CT molecular complexity index is 608. The lowest BCUT2D eigenvalue weighted by Crippen LogP contribution is -2.35. The Morgan fingerprint density at radius 1 is 1.30 bits per heavy atom. The number of hydrogen-bond acceptors (Lipinski definition) is 3. The van der Waals surface area contributed by atoms with Crippen molar-refractivity contribution in [1.82, 2.24) is 4.90 Å². The molecule has 0 spiro atoms. The Labute approximate surface area is 129 Å². The van der Waals surface area contributed by atoms with E-state index in [1.165, 1.54) is 22.5 Å². The Hall–Kier alpha value is -1.16. The number of hydrogen-bond donors (Lipinski definition) is 0. The second-order valence-electron chi connectivity index (χ2n) is 4.99. The molecule has 1 heterocycles. The molecule has 106 valence electrons. The van der Waals surface area contributed by atoms with Crippen molar-refractivity contribution in [2.24, 2.45) is 0 Å². The summed E-state index contributed by atoms with van der Waals surface area (Å²) in [5, 5.41) is 0. The Kier molecular flexibility index (Phi) is 4.97. The summed E-state index contributed by atoms with van der Waals surface area (Å²) in [6.45, 7) is 4.79. The van der Waals surface area contributed by atoms with E-state index in [-0.39, 0.29) is 11.8 Å². The minimum Gasteiger partial charge on any atom is -0.292 e. The molecular weight excluding hydrogens is 290 g/mol. The second kappa shape index (κ2) is 6.53. The van der Waals surface area contributed by atoms with Gasteiger partial charge in [-0.2, -0.15) is 0 Å². The van der Waals surface area contributed by atoms with Crippen molar-refractivity contribution in [3.63, 3.8) is 0 Å². The molecule has 2 rings (SSSR count). The lowest BCUT2D eigenvalue weighted by Gasteiger charge is -2.24. The molecule has 0 bridgehead atoms. The van der Waals surface area contributed by atoms with Crippen LogP contribution in [0.25, 0.3) is 0 Å². The summed E-state index contributed by atoms with van der Waals surface area (Å²) in [5.41, 5.74) is 2.50. The van der Waals surface area contributed by atoms with Crippen molar-refractivity contribution in [3.05, 3.63) is 56.7 Å². The van der Waals surface area contributed by atoms with Gasteiger partial charge in [-0.3, -0.25) is 9.69 Å². The average Bonchev–Trinajstić information content (AvgIpc) is 2.86. The maximum atomic E-state index is 12.4. The Balaban J connectivity index is 2.07. The van der Waals surface area contributed by atoms with E-state index in [1.807, 2.05) is 26.1 Å². The van der Waals surface area contributed by atoms with Gasteiger partial charge in [0.15, 0.2) is 5.78 Å². The van der Waals surface area contributed by atoms with Crippen molar-refractivity contribution < 1.29 is 4.79 Å². The topological polar surface area (TPSA) is 20.3 Å². The first-order valence-corrected chi connectivity index (χ1v) is 7.73. The van der Waals surface area contributed by atoms with Crippen LogP contribution in [0.15, 0.2) is 36.4 Å². The quantitative estimate of drug-likeness (QED) is 0.762. The molecule has 2 aromatic rings. The summed E-state index contributed by atoms with van der Waals surface area (Å²) in [5.74, 6) is 0.123. The molecule has 0 N–H and O–H groups in total. The van der Waals surface area contributed by atoms with E-state index in [2.05, 4.69) is 24.0 Å². The zero-order valence-electron chi connectivity index (χ0n) is 11.9. The fraction of sp³-hybridized carbons (Fsp3) is 0.312. The third-order valence-corrected chi connectivity index (χ3v) is 4.78. The van der Waals surface area contributed by atoms with Crippen molar-refractivity contribution in [2.75, 3.05) is 7.05 Å². The minimum atomic E-state index is -0.163. The summed E-state index contributed by atoms with van der Waals surface area (Å²) in [7, 11) is 1.98. The monoisotopic (exact) mass is 307 g/mol. The van der Waals surface area contributed by atoms with Crippen LogP contribution < -0.4 is 0 Å². The van der Waals surface area contributed by atoms with E-state index in [0.717, 1.165) is 11.4 Å². The first-order valence-electron chi connectivity index (χ1n) is 6.53. The van der Waals surface area contributed by atoms with Gasteiger partial charge in [0.1, 0.15) is 0 Å². The van der Waals surface area contributed by atoms with Crippen LogP contribution in [0.3, 0.4) is 0 Å². The number of ketones is 1. The molecule has 1 atom stereocenters. The number of carbonyl (C=O) groups excluding carboxylic acids is 1. The predicted octanol–water partition coefficient (Wildman–Crippen LogP) is 4.41. The van der Waals surface area contributed by atoms with Gasteiger partial charge in [0.2, 0.25) is 0 Å². The highest BCUT2D eigenvalue weighted by Crippen LogP contribution is 2.24. The number of carbonyl (C=O) groups is 1. The number of Topliss-reactive ketones (excluding diaryl/α,β-unsaturated/α-hetero) is 1. The van der Waals surface area contributed by atoms with E-state index >= 15 is 0 Å². The molecule has 1 aromatic heterocycles. The van der Waals surface area contributed by atoms with Gasteiger partial charge < -0.3 is 0 Å². The van der Waals surface area contributed by atoms with Crippen molar-refractivity contribution in [3.8, 4) is 0 Å². The molecule has 0 saturated carbocycles. The van der Waals surface area contributed by atoms with E-state index in [4.69, 9.17) is 11.6 Å². The number of halogens is 1. The van der Waals surface area contributed by atoms with Gasteiger partial charge in [-0.25, -0.2) is 0 Å². The van der Waals surface area contributed by atoms with Crippen LogP contribution in [0.5, 0.6) is 0 Å². The molecule has 0 fully saturated rings. The molecule has 0 amide bonds. The zero-order chi connectivity index (χ0) is 14.7. The summed E-state index contributed by atoms with van der Waals surface area (Å²) in [6.07, 6.45) is 0. The van der Waals surface area contributed by atoms with Crippen molar-refractivity contribution >= 4 is 28.7 Å². The van der Waals surface area contributed by atoms with Crippen LogP contribution in [0.4, 0.5) is 0 Å². The summed E-state index contributed by atoms with van der Waals surface area (Å²) >= 11 is 7.23. The smallest absolute Gasteiger partial charge is 0.189 e. The molecule has 1 unspecified atom stereocenters. The predicted molar refractivity (Wildman–Crippen MR) is 85.8 cm³/mol. The van der Waals surface area contributed by atoms with Crippen LogP contribution in [0.2, 0.25) is 4.34 Å². The fourth-order valence-electron chi connectivity index (χ4n) is 2.05. The lowest BCUT2D eigenvalue weighted by atomic mass is 10.1. The number of rotatable bonds is 5. The van der Waals surface area contributed by atoms with E-state index in [9.17, 15) is 4.79 Å². The van der Waals surface area contributed by atoms with Gasteiger partial charge in [-0.15, -0.1) is 11.3 Å². The van der Waals surface area contributed by atoms with Gasteiger partial charge in [-0.05, 0) is 44.2 Å². The highest BCUT2D eigenvalue weighted by atomic mass is 35.5. The fourth-order valence-corrected chi connectivity index (χ4v) is 3.11. The highest BCUT2D eigenvalue weighted by Gasteiger charge is 2.21. The first kappa shape index (κ1) is 15.2. The molecular formula is C16H18ClNOS. The standard InChI is InChI=1S/C16H18ClNOS/c1-11-6-4-5-7-13(11)10-18(3)12(2)16(19)14-8-9-15(17)20-14/h4-9,12H,10H2,1-3H3. The number of thiophene rings is 1. The van der Waals surface area contributed by atoms with Crippen LogP contribution >= 0.6 is 22.9 Å². The van der Waals surface area contributed by atoms with Gasteiger partial charge in [-0.1, -0.05) is 35.9 Å². The largest absolute Gasteiger partial charge is 0.292 e. The van der Waals surface area contributed by atoms with Gasteiger partial charge in [0, 0.05) is 6.54 Å². The maximum absolute atomic E-state index is 12.4. The summed E-state index contributed by atoms with van der Waals surface area (Å²) in [4.78, 5) is 15.2. The summed E-state index contributed by atoms with van der Waals surface area (Å²) < 4.78 is 0.655. The SMILES string of the molecule is Cc1ccccc1CN(C)C(C)C(=O)c1ccc(Cl)s1. The average molecular weight is 308 g/mol. The van der Waals surface area contributed by atoms with Crippen LogP contribution in [0, 0.1) is 6.92 Å². The molecule has 1 aromatic carbocycles. The molecule has 4 heteroatoms. The van der Waals surface area contributed by atoms with Gasteiger partial charge in [0.25, 0.3) is 0 Å². The number of nitrogens with zero attached hydrogens (tertiary/aromatic N) is 1. The lowest BCUT2D eigenvalue weighted by molar-refractivity contribution is 0.0866. The minimum absolute atomic E-state index is 0.123. The van der Waals surface area contributed by atoms with E-state index in [1.54, 1.807) is 12.1 Å². The molecule has 0 aliphatic rings.